The summed E-state index contributed by atoms with van der Waals surface area (Å²) in [5.74, 6) is 0.366. The van der Waals surface area contributed by atoms with E-state index in [1.165, 1.54) is 6.07 Å². The molecule has 0 spiro atoms. The first-order valence-electron chi connectivity index (χ1n) is 8.22. The minimum Gasteiger partial charge on any atom is -0.465 e. The summed E-state index contributed by atoms with van der Waals surface area (Å²) in [7, 11) is 0. The topological polar surface area (TPSA) is 73.3 Å². The molecule has 0 saturated carbocycles. The Balaban J connectivity index is 2.07. The van der Waals surface area contributed by atoms with Gasteiger partial charge in [0.1, 0.15) is 11.3 Å². The summed E-state index contributed by atoms with van der Waals surface area (Å²) in [5, 5.41) is 11.4. The number of furan rings is 1. The van der Waals surface area contributed by atoms with Crippen LogP contribution in [0.25, 0.3) is 11.6 Å². The van der Waals surface area contributed by atoms with E-state index in [2.05, 4.69) is 0 Å². The number of hydrogen-bond acceptors (Lipinski definition) is 4. The maximum absolute atomic E-state index is 12.8. The lowest BCUT2D eigenvalue weighted by Gasteiger charge is -2.06. The molecule has 1 aromatic heterocycles. The average Bonchev–Trinajstić information content (AvgIpc) is 3.20. The van der Waals surface area contributed by atoms with E-state index >= 15 is 0 Å². The van der Waals surface area contributed by atoms with Gasteiger partial charge in [0.15, 0.2) is 5.78 Å². The molecule has 5 nitrogen and oxygen atoms in total. The number of carbonyl (C=O) groups is 1. The number of nitro benzene ring substituents is 1. The van der Waals surface area contributed by atoms with E-state index in [1.54, 1.807) is 54.8 Å². The highest BCUT2D eigenvalue weighted by Gasteiger charge is 2.21. The van der Waals surface area contributed by atoms with E-state index in [-0.39, 0.29) is 17.0 Å². The zero-order chi connectivity index (χ0) is 18.5. The molecule has 2 aromatic carbocycles. The molecule has 0 aliphatic carbocycles. The number of ketones is 1. The quantitative estimate of drug-likeness (QED) is 0.341. The van der Waals surface area contributed by atoms with Gasteiger partial charge in [0.2, 0.25) is 0 Å². The molecule has 3 aromatic rings. The molecule has 0 bridgehead atoms. The summed E-state index contributed by atoms with van der Waals surface area (Å²) in [6.07, 6.45) is 4.20. The van der Waals surface area contributed by atoms with E-state index in [0.717, 1.165) is 17.8 Å². The fourth-order valence-corrected chi connectivity index (χ4v) is 2.74. The van der Waals surface area contributed by atoms with Gasteiger partial charge < -0.3 is 4.42 Å². The fourth-order valence-electron chi connectivity index (χ4n) is 2.74. The molecule has 0 saturated heterocycles. The second-order valence-corrected chi connectivity index (χ2v) is 5.73. The van der Waals surface area contributed by atoms with Crippen LogP contribution in [0.4, 0.5) is 5.69 Å². The number of nitro groups is 1. The molecular formula is C21H17NO4. The minimum absolute atomic E-state index is 0.0739. The predicted octanol–water partition coefficient (Wildman–Crippen LogP) is 5.37. The van der Waals surface area contributed by atoms with Gasteiger partial charge in [-0.05, 0) is 47.9 Å². The van der Waals surface area contributed by atoms with Crippen LogP contribution < -0.4 is 0 Å². The van der Waals surface area contributed by atoms with Crippen LogP contribution in [0.2, 0.25) is 0 Å². The van der Waals surface area contributed by atoms with Crippen LogP contribution in [0.1, 0.15) is 40.6 Å². The Labute approximate surface area is 150 Å². The molecule has 0 aliphatic rings. The Bertz CT molecular complexity index is 957. The number of carbonyl (C=O) groups excluding carboxylic acids is 1. The molecule has 0 unspecified atom stereocenters. The summed E-state index contributed by atoms with van der Waals surface area (Å²) < 4.78 is 5.42. The van der Waals surface area contributed by atoms with E-state index in [9.17, 15) is 14.9 Å². The first-order chi connectivity index (χ1) is 12.6. The largest absolute Gasteiger partial charge is 0.465 e. The lowest BCUT2D eigenvalue weighted by molar-refractivity contribution is -0.385. The molecule has 1 heterocycles. The van der Waals surface area contributed by atoms with Crippen LogP contribution in [-0.4, -0.2) is 10.7 Å². The molecular weight excluding hydrogens is 330 g/mol. The van der Waals surface area contributed by atoms with Gasteiger partial charge in [-0.15, -0.1) is 0 Å². The van der Waals surface area contributed by atoms with Gasteiger partial charge in [-0.1, -0.05) is 37.3 Å². The van der Waals surface area contributed by atoms with Gasteiger partial charge in [0.05, 0.1) is 11.2 Å². The molecule has 5 heteroatoms. The van der Waals surface area contributed by atoms with Gasteiger partial charge in [-0.25, -0.2) is 0 Å². The predicted molar refractivity (Wildman–Crippen MR) is 99.8 cm³/mol. The fraction of sp³-hybridized carbons (Fsp3) is 0.0952. The Hall–Kier alpha value is -3.47. The van der Waals surface area contributed by atoms with Crippen molar-refractivity contribution >= 4 is 23.1 Å². The van der Waals surface area contributed by atoms with Crippen LogP contribution in [-0.2, 0) is 0 Å². The molecule has 0 aliphatic heterocycles. The van der Waals surface area contributed by atoms with Crippen LogP contribution in [0.15, 0.2) is 71.3 Å². The highest BCUT2D eigenvalue weighted by molar-refractivity contribution is 6.11. The zero-order valence-electron chi connectivity index (χ0n) is 14.2. The lowest BCUT2D eigenvalue weighted by atomic mass is 9.98. The third-order valence-corrected chi connectivity index (χ3v) is 4.06. The molecule has 26 heavy (non-hydrogen) atoms. The van der Waals surface area contributed by atoms with Gasteiger partial charge >= 0.3 is 0 Å². The second kappa shape index (κ2) is 7.61. The number of nitrogens with zero attached hydrogens (tertiary/aromatic N) is 1. The van der Waals surface area contributed by atoms with Gasteiger partial charge in [-0.3, -0.25) is 14.9 Å². The third-order valence-electron chi connectivity index (χ3n) is 4.06. The molecule has 0 atom stereocenters. The first-order valence-corrected chi connectivity index (χ1v) is 8.22. The Morgan fingerprint density at radius 2 is 1.88 bits per heavy atom. The maximum Gasteiger partial charge on any atom is 0.280 e. The van der Waals surface area contributed by atoms with E-state index in [4.69, 9.17) is 4.42 Å². The smallest absolute Gasteiger partial charge is 0.280 e. The van der Waals surface area contributed by atoms with Crippen LogP contribution >= 0.6 is 0 Å². The number of allylic oxidation sites excluding steroid dienone is 1. The summed E-state index contributed by atoms with van der Waals surface area (Å²) in [5.41, 5.74) is 1.94. The number of rotatable bonds is 6. The van der Waals surface area contributed by atoms with Gasteiger partial charge in [-0.2, -0.15) is 0 Å². The standard InChI is InChI=1S/C21H17NO4/c1-2-16(20-9-6-12-26-20)13-15-10-11-19(22(24)25)18(14-15)21(23)17-7-4-3-5-8-17/h3-14H,2H2,1H3/b16-13+. The van der Waals surface area contributed by atoms with Crippen molar-refractivity contribution in [2.24, 2.45) is 0 Å². The van der Waals surface area contributed by atoms with Crippen molar-refractivity contribution in [1.29, 1.82) is 0 Å². The SMILES string of the molecule is CC/C(=C\c1ccc([N+](=O)[O-])c(C(=O)c2ccccc2)c1)c1ccco1. The van der Waals surface area contributed by atoms with Gasteiger partial charge in [0.25, 0.3) is 5.69 Å². The van der Waals surface area contributed by atoms with E-state index in [0.29, 0.717) is 11.1 Å². The highest BCUT2D eigenvalue weighted by atomic mass is 16.6. The van der Waals surface area contributed by atoms with Crippen molar-refractivity contribution in [3.63, 3.8) is 0 Å². The van der Waals surface area contributed by atoms with Gasteiger partial charge in [0, 0.05) is 11.6 Å². The van der Waals surface area contributed by atoms with Crippen molar-refractivity contribution < 1.29 is 14.1 Å². The number of benzene rings is 2. The summed E-state index contributed by atoms with van der Waals surface area (Å²) in [4.78, 5) is 23.6. The summed E-state index contributed by atoms with van der Waals surface area (Å²) >= 11 is 0. The molecule has 0 radical (unpaired) electrons. The van der Waals surface area contributed by atoms with Crippen molar-refractivity contribution in [3.05, 3.63) is 99.5 Å². The summed E-state index contributed by atoms with van der Waals surface area (Å²) in [6, 6.07) is 16.8. The molecule has 0 N–H and O–H groups in total. The van der Waals surface area contributed by atoms with E-state index in [1.807, 2.05) is 19.1 Å². The van der Waals surface area contributed by atoms with Crippen molar-refractivity contribution in [1.82, 2.24) is 0 Å². The first kappa shape index (κ1) is 17.4. The van der Waals surface area contributed by atoms with E-state index < -0.39 is 4.92 Å². The molecule has 3 rings (SSSR count). The van der Waals surface area contributed by atoms with Crippen LogP contribution in [0.3, 0.4) is 0 Å². The third kappa shape index (κ3) is 3.62. The second-order valence-electron chi connectivity index (χ2n) is 5.73. The normalized spacial score (nSPS) is 11.3. The maximum atomic E-state index is 12.8. The Kier molecular flexibility index (Phi) is 5.08. The minimum atomic E-state index is -0.531. The van der Waals surface area contributed by atoms with Crippen molar-refractivity contribution in [3.8, 4) is 0 Å². The van der Waals surface area contributed by atoms with Crippen molar-refractivity contribution in [2.75, 3.05) is 0 Å². The molecule has 130 valence electrons. The molecule has 0 fully saturated rings. The van der Waals surface area contributed by atoms with Crippen LogP contribution in [0, 0.1) is 10.1 Å². The zero-order valence-corrected chi connectivity index (χ0v) is 14.2. The Morgan fingerprint density at radius 3 is 2.50 bits per heavy atom. The average molecular weight is 347 g/mol. The highest BCUT2D eigenvalue weighted by Crippen LogP contribution is 2.27. The molecule has 0 amide bonds. The monoisotopic (exact) mass is 347 g/mol. The Morgan fingerprint density at radius 1 is 1.12 bits per heavy atom. The van der Waals surface area contributed by atoms with Crippen molar-refractivity contribution in [2.45, 2.75) is 13.3 Å². The van der Waals surface area contributed by atoms with Crippen LogP contribution in [0.5, 0.6) is 0 Å². The summed E-state index contributed by atoms with van der Waals surface area (Å²) in [6.45, 7) is 2.00. The number of hydrogen-bond donors (Lipinski definition) is 0. The lowest BCUT2D eigenvalue weighted by Crippen LogP contribution is -2.05.